The van der Waals surface area contributed by atoms with Crippen molar-refractivity contribution in [3.63, 3.8) is 0 Å². The van der Waals surface area contributed by atoms with Crippen molar-refractivity contribution >= 4 is 5.82 Å². The molecule has 0 saturated carbocycles. The van der Waals surface area contributed by atoms with Gasteiger partial charge < -0.3 is 14.8 Å². The first-order chi connectivity index (χ1) is 7.72. The van der Waals surface area contributed by atoms with E-state index in [2.05, 4.69) is 29.1 Å². The number of nitrogens with zero attached hydrogens (tertiary/aromatic N) is 2. The molecule has 1 aromatic heterocycles. The molecule has 0 aromatic carbocycles. The minimum Gasteiger partial charge on any atom is -0.469 e. The van der Waals surface area contributed by atoms with Crippen molar-refractivity contribution in [2.45, 2.75) is 25.9 Å². The maximum absolute atomic E-state index is 5.77. The molecule has 2 rings (SSSR count). The van der Waals surface area contributed by atoms with Gasteiger partial charge in [-0.25, -0.2) is 9.97 Å². The molecule has 1 fully saturated rings. The second kappa shape index (κ2) is 4.65. The van der Waals surface area contributed by atoms with Crippen LogP contribution in [0.15, 0.2) is 6.33 Å². The molecule has 1 N–H and O–H groups in total. The average molecular weight is 223 g/mol. The molecular weight excluding hydrogens is 206 g/mol. The first kappa shape index (κ1) is 11.1. The number of anilines is 1. The number of aromatic nitrogens is 2. The molecule has 16 heavy (non-hydrogen) atoms. The Bertz CT molecular complexity index is 364. The van der Waals surface area contributed by atoms with Gasteiger partial charge in [0.15, 0.2) is 0 Å². The van der Waals surface area contributed by atoms with Gasteiger partial charge in [-0.2, -0.15) is 0 Å². The third-order valence-electron chi connectivity index (χ3n) is 2.55. The van der Waals surface area contributed by atoms with Crippen LogP contribution in [-0.2, 0) is 4.74 Å². The second-order valence-electron chi connectivity index (χ2n) is 4.12. The number of hydrogen-bond donors (Lipinski definition) is 1. The van der Waals surface area contributed by atoms with Crippen LogP contribution in [0.1, 0.15) is 25.3 Å². The molecular formula is C11H17N3O2. The molecule has 1 saturated heterocycles. The van der Waals surface area contributed by atoms with Crippen LogP contribution in [-0.4, -0.2) is 36.3 Å². The molecule has 5 heteroatoms. The highest BCUT2D eigenvalue weighted by Gasteiger charge is 2.24. The van der Waals surface area contributed by atoms with Crippen LogP contribution in [0.25, 0.3) is 0 Å². The topological polar surface area (TPSA) is 56.3 Å². The molecule has 1 aromatic rings. The van der Waals surface area contributed by atoms with Crippen molar-refractivity contribution in [3.8, 4) is 5.88 Å². The highest BCUT2D eigenvalue weighted by molar-refractivity contribution is 5.50. The van der Waals surface area contributed by atoms with Crippen LogP contribution in [0, 0.1) is 0 Å². The number of hydrogen-bond acceptors (Lipinski definition) is 5. The zero-order valence-electron chi connectivity index (χ0n) is 9.86. The molecule has 0 spiro atoms. The van der Waals surface area contributed by atoms with Crippen molar-refractivity contribution in [1.29, 1.82) is 0 Å². The van der Waals surface area contributed by atoms with Gasteiger partial charge in [0.2, 0.25) is 5.88 Å². The average Bonchev–Trinajstić information content (AvgIpc) is 2.22. The van der Waals surface area contributed by atoms with Gasteiger partial charge in [-0.1, -0.05) is 13.8 Å². The minimum absolute atomic E-state index is 0.136. The summed E-state index contributed by atoms with van der Waals surface area (Å²) in [4.78, 5) is 8.40. The molecule has 0 unspecified atom stereocenters. The Morgan fingerprint density at radius 3 is 2.69 bits per heavy atom. The molecule has 5 nitrogen and oxygen atoms in total. The van der Waals surface area contributed by atoms with Crippen molar-refractivity contribution in [1.82, 2.24) is 9.97 Å². The monoisotopic (exact) mass is 223 g/mol. The van der Waals surface area contributed by atoms with E-state index in [1.165, 1.54) is 6.33 Å². The number of nitrogens with one attached hydrogen (secondary N) is 1. The van der Waals surface area contributed by atoms with Gasteiger partial charge in [0.25, 0.3) is 0 Å². The SMILES string of the molecule is CNc1ncnc(OC2COC2)c1C(C)C. The first-order valence-electron chi connectivity index (χ1n) is 5.49. The van der Waals surface area contributed by atoms with E-state index < -0.39 is 0 Å². The lowest BCUT2D eigenvalue weighted by Gasteiger charge is -2.27. The van der Waals surface area contributed by atoms with Crippen LogP contribution in [0.5, 0.6) is 5.88 Å². The van der Waals surface area contributed by atoms with Crippen LogP contribution in [0.3, 0.4) is 0 Å². The van der Waals surface area contributed by atoms with Crippen molar-refractivity contribution in [2.24, 2.45) is 0 Å². The zero-order valence-corrected chi connectivity index (χ0v) is 9.86. The molecule has 0 bridgehead atoms. The smallest absolute Gasteiger partial charge is 0.222 e. The lowest BCUT2D eigenvalue weighted by Crippen LogP contribution is -2.39. The zero-order chi connectivity index (χ0) is 11.5. The lowest BCUT2D eigenvalue weighted by atomic mass is 10.1. The molecule has 0 radical (unpaired) electrons. The van der Waals surface area contributed by atoms with Crippen molar-refractivity contribution in [3.05, 3.63) is 11.9 Å². The quantitative estimate of drug-likeness (QED) is 0.836. The molecule has 0 amide bonds. The fourth-order valence-electron chi connectivity index (χ4n) is 1.63. The maximum atomic E-state index is 5.77. The Balaban J connectivity index is 2.26. The molecule has 1 aliphatic rings. The standard InChI is InChI=1S/C11H17N3O2/c1-7(2)9-10(12-3)13-6-14-11(9)16-8-4-15-5-8/h6-8H,4-5H2,1-3H3,(H,12,13,14). The fraction of sp³-hybridized carbons (Fsp3) is 0.636. The largest absolute Gasteiger partial charge is 0.469 e. The Morgan fingerprint density at radius 2 is 2.19 bits per heavy atom. The van der Waals surface area contributed by atoms with E-state index in [1.54, 1.807) is 0 Å². The summed E-state index contributed by atoms with van der Waals surface area (Å²) in [6, 6.07) is 0. The summed E-state index contributed by atoms with van der Waals surface area (Å²) in [5, 5.41) is 3.06. The van der Waals surface area contributed by atoms with E-state index in [-0.39, 0.29) is 6.10 Å². The Kier molecular flexibility index (Phi) is 3.24. The lowest BCUT2D eigenvalue weighted by molar-refractivity contribution is -0.0817. The molecule has 1 aliphatic heterocycles. The van der Waals surface area contributed by atoms with Crippen molar-refractivity contribution in [2.75, 3.05) is 25.6 Å². The molecule has 2 heterocycles. The highest BCUT2D eigenvalue weighted by Crippen LogP contribution is 2.30. The number of ether oxygens (including phenoxy) is 2. The summed E-state index contributed by atoms with van der Waals surface area (Å²) in [5.74, 6) is 1.82. The Morgan fingerprint density at radius 1 is 1.44 bits per heavy atom. The summed E-state index contributed by atoms with van der Waals surface area (Å²) < 4.78 is 10.8. The summed E-state index contributed by atoms with van der Waals surface area (Å²) in [6.07, 6.45) is 1.66. The van der Waals surface area contributed by atoms with Gasteiger partial charge in [-0.05, 0) is 5.92 Å². The van der Waals surface area contributed by atoms with E-state index in [0.717, 1.165) is 11.4 Å². The highest BCUT2D eigenvalue weighted by atomic mass is 16.6. The summed E-state index contributed by atoms with van der Waals surface area (Å²) in [7, 11) is 1.85. The third kappa shape index (κ3) is 2.09. The van der Waals surface area contributed by atoms with Gasteiger partial charge in [0, 0.05) is 7.05 Å². The van der Waals surface area contributed by atoms with Crippen LogP contribution in [0.2, 0.25) is 0 Å². The van der Waals surface area contributed by atoms with E-state index in [1.807, 2.05) is 7.05 Å². The van der Waals surface area contributed by atoms with E-state index >= 15 is 0 Å². The third-order valence-corrected chi connectivity index (χ3v) is 2.55. The minimum atomic E-state index is 0.136. The summed E-state index contributed by atoms with van der Waals surface area (Å²) in [5.41, 5.74) is 1.02. The van der Waals surface area contributed by atoms with Gasteiger partial charge in [0.05, 0.1) is 18.8 Å². The van der Waals surface area contributed by atoms with Crippen LogP contribution >= 0.6 is 0 Å². The van der Waals surface area contributed by atoms with Gasteiger partial charge in [-0.15, -0.1) is 0 Å². The predicted molar refractivity (Wildman–Crippen MR) is 60.9 cm³/mol. The van der Waals surface area contributed by atoms with Crippen LogP contribution < -0.4 is 10.1 Å². The molecule has 88 valence electrons. The Labute approximate surface area is 95.2 Å². The van der Waals surface area contributed by atoms with Crippen LogP contribution in [0.4, 0.5) is 5.82 Å². The summed E-state index contributed by atoms with van der Waals surface area (Å²) >= 11 is 0. The van der Waals surface area contributed by atoms with E-state index in [4.69, 9.17) is 9.47 Å². The fourth-order valence-corrected chi connectivity index (χ4v) is 1.63. The van der Waals surface area contributed by atoms with E-state index in [0.29, 0.717) is 25.0 Å². The second-order valence-corrected chi connectivity index (χ2v) is 4.12. The summed E-state index contributed by atoms with van der Waals surface area (Å²) in [6.45, 7) is 5.50. The van der Waals surface area contributed by atoms with Crippen molar-refractivity contribution < 1.29 is 9.47 Å². The normalized spacial score (nSPS) is 16.0. The molecule has 0 atom stereocenters. The predicted octanol–water partition coefficient (Wildman–Crippen LogP) is 1.42. The molecule has 0 aliphatic carbocycles. The first-order valence-corrected chi connectivity index (χ1v) is 5.49. The van der Waals surface area contributed by atoms with E-state index in [9.17, 15) is 0 Å². The maximum Gasteiger partial charge on any atom is 0.222 e. The van der Waals surface area contributed by atoms with Gasteiger partial charge in [-0.3, -0.25) is 0 Å². The number of rotatable bonds is 4. The van der Waals surface area contributed by atoms with Gasteiger partial charge in [0.1, 0.15) is 18.2 Å². The van der Waals surface area contributed by atoms with Gasteiger partial charge >= 0.3 is 0 Å². The Hall–Kier alpha value is -1.36.